The lowest BCUT2D eigenvalue weighted by Gasteiger charge is -2.20. The summed E-state index contributed by atoms with van der Waals surface area (Å²) >= 11 is 0. The van der Waals surface area contributed by atoms with Gasteiger partial charge in [-0.3, -0.25) is 14.8 Å². The second-order valence-corrected chi connectivity index (χ2v) is 6.63. The summed E-state index contributed by atoms with van der Waals surface area (Å²) < 4.78 is 0. The summed E-state index contributed by atoms with van der Waals surface area (Å²) in [7, 11) is 0. The van der Waals surface area contributed by atoms with Crippen molar-refractivity contribution in [1.29, 1.82) is 0 Å². The molecular formula is C19H23N5O. The van der Waals surface area contributed by atoms with Crippen molar-refractivity contribution in [2.75, 3.05) is 0 Å². The maximum atomic E-state index is 12.4. The monoisotopic (exact) mass is 337 g/mol. The standard InChI is InChI=1S/C19H23N5O/c1-12(2)18(19-22-15-6-4-13(3)10-16(15)23-19)24-17(25)7-5-14-11-20-8-9-21-14/h4,6,8-12,18H,5,7H2,1-3H3,(H,22,23)(H,24,25). The first kappa shape index (κ1) is 17.1. The third kappa shape index (κ3) is 4.21. The summed E-state index contributed by atoms with van der Waals surface area (Å²) in [6.45, 7) is 6.20. The Morgan fingerprint density at radius 3 is 2.84 bits per heavy atom. The van der Waals surface area contributed by atoms with Gasteiger partial charge in [0, 0.05) is 25.0 Å². The van der Waals surface area contributed by atoms with Crippen molar-refractivity contribution in [1.82, 2.24) is 25.3 Å². The van der Waals surface area contributed by atoms with Gasteiger partial charge in [0.05, 0.1) is 22.8 Å². The van der Waals surface area contributed by atoms with Crippen molar-refractivity contribution in [3.05, 3.63) is 53.9 Å². The Bertz CT molecular complexity index is 857. The Morgan fingerprint density at radius 1 is 1.28 bits per heavy atom. The lowest BCUT2D eigenvalue weighted by Crippen LogP contribution is -2.32. The topological polar surface area (TPSA) is 83.6 Å². The summed E-state index contributed by atoms with van der Waals surface area (Å²) in [4.78, 5) is 28.6. The maximum absolute atomic E-state index is 12.4. The fraction of sp³-hybridized carbons (Fsp3) is 0.368. The van der Waals surface area contributed by atoms with E-state index in [-0.39, 0.29) is 17.9 Å². The van der Waals surface area contributed by atoms with Crippen LogP contribution in [-0.2, 0) is 11.2 Å². The zero-order valence-corrected chi connectivity index (χ0v) is 14.8. The molecule has 6 nitrogen and oxygen atoms in total. The summed E-state index contributed by atoms with van der Waals surface area (Å²) in [5.74, 6) is 1.01. The molecule has 1 amide bonds. The summed E-state index contributed by atoms with van der Waals surface area (Å²) in [5, 5.41) is 3.10. The zero-order chi connectivity index (χ0) is 17.8. The van der Waals surface area contributed by atoms with E-state index in [1.807, 2.05) is 19.1 Å². The van der Waals surface area contributed by atoms with Crippen LogP contribution in [0, 0.1) is 12.8 Å². The number of amides is 1. The summed E-state index contributed by atoms with van der Waals surface area (Å²) in [6, 6.07) is 5.95. The molecule has 130 valence electrons. The molecule has 0 saturated heterocycles. The molecule has 0 spiro atoms. The molecule has 0 aliphatic carbocycles. The number of aromatic amines is 1. The molecule has 3 rings (SSSR count). The van der Waals surface area contributed by atoms with Crippen LogP contribution in [0.15, 0.2) is 36.8 Å². The summed E-state index contributed by atoms with van der Waals surface area (Å²) in [6.07, 6.45) is 5.90. The largest absolute Gasteiger partial charge is 0.346 e. The van der Waals surface area contributed by atoms with Crippen molar-refractivity contribution in [3.8, 4) is 0 Å². The van der Waals surface area contributed by atoms with E-state index in [0.717, 1.165) is 22.6 Å². The first-order chi connectivity index (χ1) is 12.0. The van der Waals surface area contributed by atoms with Crippen LogP contribution in [0.1, 0.15) is 43.4 Å². The average molecular weight is 337 g/mol. The molecule has 0 fully saturated rings. The van der Waals surface area contributed by atoms with Crippen molar-refractivity contribution in [2.45, 2.75) is 39.7 Å². The Hall–Kier alpha value is -2.76. The molecule has 1 aromatic carbocycles. The second kappa shape index (κ2) is 7.42. The van der Waals surface area contributed by atoms with E-state index >= 15 is 0 Å². The van der Waals surface area contributed by atoms with E-state index in [2.05, 4.69) is 45.2 Å². The van der Waals surface area contributed by atoms with Crippen molar-refractivity contribution in [2.24, 2.45) is 5.92 Å². The minimum atomic E-state index is -0.151. The van der Waals surface area contributed by atoms with Gasteiger partial charge in [-0.1, -0.05) is 19.9 Å². The third-order valence-electron chi connectivity index (χ3n) is 4.16. The molecule has 0 aliphatic heterocycles. The van der Waals surface area contributed by atoms with Crippen LogP contribution in [0.25, 0.3) is 11.0 Å². The van der Waals surface area contributed by atoms with Gasteiger partial charge in [0.15, 0.2) is 0 Å². The number of hydrogen-bond acceptors (Lipinski definition) is 4. The number of aryl methyl sites for hydroxylation is 2. The fourth-order valence-corrected chi connectivity index (χ4v) is 2.79. The van der Waals surface area contributed by atoms with E-state index in [1.54, 1.807) is 18.6 Å². The van der Waals surface area contributed by atoms with Gasteiger partial charge in [0.2, 0.25) is 5.91 Å². The van der Waals surface area contributed by atoms with Gasteiger partial charge in [-0.05, 0) is 37.0 Å². The van der Waals surface area contributed by atoms with E-state index in [1.165, 1.54) is 5.56 Å². The number of fused-ring (bicyclic) bond motifs is 1. The highest BCUT2D eigenvalue weighted by molar-refractivity contribution is 5.78. The van der Waals surface area contributed by atoms with Crippen molar-refractivity contribution < 1.29 is 4.79 Å². The molecule has 2 aromatic heterocycles. The predicted octanol–water partition coefficient (Wildman–Crippen LogP) is 3.11. The van der Waals surface area contributed by atoms with Crippen LogP contribution in [0.3, 0.4) is 0 Å². The Kier molecular flexibility index (Phi) is 5.07. The van der Waals surface area contributed by atoms with Gasteiger partial charge < -0.3 is 10.3 Å². The van der Waals surface area contributed by atoms with E-state index in [0.29, 0.717) is 12.8 Å². The Balaban J connectivity index is 1.70. The SMILES string of the molecule is Cc1ccc2nc(C(NC(=O)CCc3cnccn3)C(C)C)[nH]c2c1. The normalized spacial score (nSPS) is 12.5. The van der Waals surface area contributed by atoms with Crippen LogP contribution in [-0.4, -0.2) is 25.8 Å². The van der Waals surface area contributed by atoms with Gasteiger partial charge in [-0.2, -0.15) is 0 Å². The maximum Gasteiger partial charge on any atom is 0.220 e. The molecule has 0 aliphatic rings. The van der Waals surface area contributed by atoms with Crippen LogP contribution in [0.2, 0.25) is 0 Å². The first-order valence-electron chi connectivity index (χ1n) is 8.53. The predicted molar refractivity (Wildman–Crippen MR) is 96.9 cm³/mol. The molecule has 0 radical (unpaired) electrons. The highest BCUT2D eigenvalue weighted by Gasteiger charge is 2.21. The molecule has 2 heterocycles. The molecule has 0 bridgehead atoms. The highest BCUT2D eigenvalue weighted by Crippen LogP contribution is 2.23. The van der Waals surface area contributed by atoms with E-state index in [4.69, 9.17) is 0 Å². The average Bonchev–Trinajstić information content (AvgIpc) is 3.01. The highest BCUT2D eigenvalue weighted by atomic mass is 16.1. The second-order valence-electron chi connectivity index (χ2n) is 6.63. The van der Waals surface area contributed by atoms with E-state index < -0.39 is 0 Å². The lowest BCUT2D eigenvalue weighted by molar-refractivity contribution is -0.122. The molecular weight excluding hydrogens is 314 g/mol. The number of carbonyl (C=O) groups excluding carboxylic acids is 1. The van der Waals surface area contributed by atoms with Gasteiger partial charge in [-0.25, -0.2) is 4.98 Å². The van der Waals surface area contributed by atoms with Crippen molar-refractivity contribution in [3.63, 3.8) is 0 Å². The number of hydrogen-bond donors (Lipinski definition) is 2. The van der Waals surface area contributed by atoms with E-state index in [9.17, 15) is 4.79 Å². The molecule has 6 heteroatoms. The van der Waals surface area contributed by atoms with Gasteiger partial charge >= 0.3 is 0 Å². The number of rotatable bonds is 6. The molecule has 0 saturated carbocycles. The molecule has 2 N–H and O–H groups in total. The smallest absolute Gasteiger partial charge is 0.220 e. The number of imidazole rings is 1. The Labute approximate surface area is 147 Å². The number of benzene rings is 1. The molecule has 25 heavy (non-hydrogen) atoms. The quantitative estimate of drug-likeness (QED) is 0.724. The number of carbonyl (C=O) groups is 1. The Morgan fingerprint density at radius 2 is 2.12 bits per heavy atom. The van der Waals surface area contributed by atoms with Gasteiger partial charge in [-0.15, -0.1) is 0 Å². The number of H-pyrrole nitrogens is 1. The molecule has 3 aromatic rings. The number of aromatic nitrogens is 4. The number of nitrogens with zero attached hydrogens (tertiary/aromatic N) is 3. The zero-order valence-electron chi connectivity index (χ0n) is 14.8. The minimum absolute atomic E-state index is 0.0130. The van der Waals surface area contributed by atoms with Gasteiger partial charge in [0.25, 0.3) is 0 Å². The van der Waals surface area contributed by atoms with Crippen LogP contribution in [0.4, 0.5) is 0 Å². The fourth-order valence-electron chi connectivity index (χ4n) is 2.79. The third-order valence-corrected chi connectivity index (χ3v) is 4.16. The van der Waals surface area contributed by atoms with Crippen LogP contribution in [0.5, 0.6) is 0 Å². The van der Waals surface area contributed by atoms with Crippen LogP contribution < -0.4 is 5.32 Å². The molecule has 1 unspecified atom stereocenters. The minimum Gasteiger partial charge on any atom is -0.346 e. The summed E-state index contributed by atoms with van der Waals surface area (Å²) in [5.41, 5.74) is 3.91. The van der Waals surface area contributed by atoms with Gasteiger partial charge in [0.1, 0.15) is 5.82 Å². The van der Waals surface area contributed by atoms with Crippen molar-refractivity contribution >= 4 is 16.9 Å². The lowest BCUT2D eigenvalue weighted by atomic mass is 10.0. The molecule has 1 atom stereocenters. The first-order valence-corrected chi connectivity index (χ1v) is 8.53. The number of nitrogens with one attached hydrogen (secondary N) is 2. The van der Waals surface area contributed by atoms with Crippen LogP contribution >= 0.6 is 0 Å².